The number of halogens is 1. The van der Waals surface area contributed by atoms with Crippen LogP contribution in [0.5, 0.6) is 0 Å². The van der Waals surface area contributed by atoms with Gasteiger partial charge in [-0.1, -0.05) is 58.0 Å². The summed E-state index contributed by atoms with van der Waals surface area (Å²) in [5.74, 6) is -0.260. The van der Waals surface area contributed by atoms with Crippen molar-refractivity contribution in [3.8, 4) is 0 Å². The van der Waals surface area contributed by atoms with E-state index in [4.69, 9.17) is 10.3 Å². The number of carbonyl (C=O) groups is 1. The lowest BCUT2D eigenvalue weighted by molar-refractivity contribution is -0.149. The molecule has 0 bridgehead atoms. The van der Waals surface area contributed by atoms with Crippen molar-refractivity contribution in [3.05, 3.63) is 46.3 Å². The molecule has 1 atom stereocenters. The number of azide groups is 1. The Morgan fingerprint density at radius 3 is 2.68 bits per heavy atom. The summed E-state index contributed by atoms with van der Waals surface area (Å²) < 4.78 is 5.78. The zero-order valence-corrected chi connectivity index (χ0v) is 12.9. The minimum atomic E-state index is -0.744. The number of benzene rings is 1. The highest BCUT2D eigenvalue weighted by Crippen LogP contribution is 2.32. The lowest BCUT2D eigenvalue weighted by atomic mass is 9.79. The van der Waals surface area contributed by atoms with E-state index in [0.29, 0.717) is 17.5 Å². The van der Waals surface area contributed by atoms with Crippen molar-refractivity contribution in [1.29, 1.82) is 0 Å². The van der Waals surface area contributed by atoms with Gasteiger partial charge in [-0.3, -0.25) is 4.79 Å². The number of carbonyl (C=O) groups excluding carboxylic acids is 1. The molecule has 0 amide bonds. The maximum absolute atomic E-state index is 12.3. The second-order valence-corrected chi connectivity index (χ2v) is 4.77. The van der Waals surface area contributed by atoms with Crippen LogP contribution in [0.1, 0.15) is 18.9 Å². The highest BCUT2D eigenvalue weighted by Gasteiger charge is 2.40. The summed E-state index contributed by atoms with van der Waals surface area (Å²) in [5.41, 5.74) is 8.54. The van der Waals surface area contributed by atoms with Crippen molar-refractivity contribution in [2.45, 2.75) is 18.8 Å². The molecule has 0 aliphatic heterocycles. The van der Waals surface area contributed by atoms with E-state index in [1.54, 1.807) is 6.92 Å². The third-order valence-corrected chi connectivity index (χ3v) is 4.22. The first-order chi connectivity index (χ1) is 9.21. The molecule has 0 aromatic heterocycles. The van der Waals surface area contributed by atoms with Crippen LogP contribution in [-0.2, 0) is 14.9 Å². The number of esters is 1. The van der Waals surface area contributed by atoms with Gasteiger partial charge in [-0.25, -0.2) is 0 Å². The van der Waals surface area contributed by atoms with Gasteiger partial charge in [0, 0.05) is 15.9 Å². The molecule has 0 spiro atoms. The van der Waals surface area contributed by atoms with Crippen LogP contribution in [0.3, 0.4) is 0 Å². The second kappa shape index (κ2) is 8.01. The molecule has 102 valence electrons. The second-order valence-electron chi connectivity index (χ2n) is 4.01. The van der Waals surface area contributed by atoms with Crippen LogP contribution >= 0.6 is 22.6 Å². The maximum atomic E-state index is 12.3. The fraction of sp³-hybridized carbons (Fsp3) is 0.462. The van der Waals surface area contributed by atoms with E-state index in [-0.39, 0.29) is 12.5 Å². The fourth-order valence-electron chi connectivity index (χ4n) is 1.87. The van der Waals surface area contributed by atoms with Gasteiger partial charge in [-0.05, 0) is 24.4 Å². The molecule has 0 fully saturated rings. The Hall–Kier alpha value is -1.27. The number of hydrogen-bond acceptors (Lipinski definition) is 3. The van der Waals surface area contributed by atoms with Crippen molar-refractivity contribution in [3.63, 3.8) is 0 Å². The van der Waals surface area contributed by atoms with Gasteiger partial charge in [0.05, 0.1) is 6.61 Å². The van der Waals surface area contributed by atoms with Crippen LogP contribution in [0.2, 0.25) is 0 Å². The Balaban J connectivity index is 3.12. The first kappa shape index (κ1) is 15.8. The Bertz CT molecular complexity index is 460. The highest BCUT2D eigenvalue weighted by atomic mass is 127. The molecule has 0 heterocycles. The molecule has 0 saturated carbocycles. The molecule has 5 nitrogen and oxygen atoms in total. The molecule has 1 aromatic carbocycles. The quantitative estimate of drug-likeness (QED) is 0.183. The molecule has 0 N–H and O–H groups in total. The predicted molar refractivity (Wildman–Crippen MR) is 82.3 cm³/mol. The fourth-order valence-corrected chi connectivity index (χ4v) is 3.01. The lowest BCUT2D eigenvalue weighted by Crippen LogP contribution is -2.40. The largest absolute Gasteiger partial charge is 0.465 e. The van der Waals surface area contributed by atoms with E-state index in [1.165, 1.54) is 0 Å². The summed E-state index contributed by atoms with van der Waals surface area (Å²) in [6, 6.07) is 9.50. The van der Waals surface area contributed by atoms with Crippen LogP contribution in [0, 0.1) is 0 Å². The molecule has 0 saturated heterocycles. The summed E-state index contributed by atoms with van der Waals surface area (Å²) in [6.07, 6.45) is 0.447. The standard InChI is InChI=1S/C13H16IN3O2/c1-2-19-12(18)13(10-14,8-9-16-17-15)11-6-4-3-5-7-11/h3-7H,2,8-10H2,1H3. The monoisotopic (exact) mass is 373 g/mol. The van der Waals surface area contributed by atoms with E-state index >= 15 is 0 Å². The van der Waals surface area contributed by atoms with Crippen molar-refractivity contribution in [2.75, 3.05) is 17.6 Å². The maximum Gasteiger partial charge on any atom is 0.317 e. The number of hydrogen-bond donors (Lipinski definition) is 0. The summed E-state index contributed by atoms with van der Waals surface area (Å²) in [7, 11) is 0. The van der Waals surface area contributed by atoms with Gasteiger partial charge < -0.3 is 4.74 Å². The molecule has 6 heteroatoms. The zero-order valence-electron chi connectivity index (χ0n) is 10.8. The number of ether oxygens (including phenoxy) is 1. The Morgan fingerprint density at radius 2 is 2.16 bits per heavy atom. The zero-order chi connectivity index (χ0) is 14.1. The van der Waals surface area contributed by atoms with Gasteiger partial charge in [0.15, 0.2) is 0 Å². The molecule has 0 aliphatic rings. The average Bonchev–Trinajstić information content (AvgIpc) is 2.45. The molecule has 19 heavy (non-hydrogen) atoms. The van der Waals surface area contributed by atoms with Crippen molar-refractivity contribution in [2.24, 2.45) is 5.11 Å². The predicted octanol–water partition coefficient (Wildman–Crippen LogP) is 3.62. The molecular weight excluding hydrogens is 357 g/mol. The minimum absolute atomic E-state index is 0.260. The lowest BCUT2D eigenvalue weighted by Gasteiger charge is -2.29. The normalized spacial score (nSPS) is 13.2. The van der Waals surface area contributed by atoms with Crippen LogP contribution < -0.4 is 0 Å². The topological polar surface area (TPSA) is 75.1 Å². The first-order valence-corrected chi connectivity index (χ1v) is 7.53. The van der Waals surface area contributed by atoms with Crippen LogP contribution in [0.15, 0.2) is 35.4 Å². The number of rotatable bonds is 7. The van der Waals surface area contributed by atoms with Gasteiger partial charge in [-0.15, -0.1) is 0 Å². The Labute approximate surface area is 126 Å². The van der Waals surface area contributed by atoms with Gasteiger partial charge in [0.1, 0.15) is 5.41 Å². The third kappa shape index (κ3) is 3.84. The first-order valence-electron chi connectivity index (χ1n) is 6.01. The van der Waals surface area contributed by atoms with E-state index in [2.05, 4.69) is 32.6 Å². The summed E-state index contributed by atoms with van der Waals surface area (Å²) >= 11 is 2.18. The van der Waals surface area contributed by atoms with Crippen molar-refractivity contribution < 1.29 is 9.53 Å². The third-order valence-electron chi connectivity index (χ3n) is 2.92. The van der Waals surface area contributed by atoms with Crippen LogP contribution in [0.25, 0.3) is 10.4 Å². The van der Waals surface area contributed by atoms with Crippen molar-refractivity contribution >= 4 is 28.6 Å². The summed E-state index contributed by atoms with van der Waals surface area (Å²) in [6.45, 7) is 2.40. The van der Waals surface area contributed by atoms with Gasteiger partial charge in [0.2, 0.25) is 0 Å². The van der Waals surface area contributed by atoms with Gasteiger partial charge in [-0.2, -0.15) is 0 Å². The van der Waals surface area contributed by atoms with Crippen molar-refractivity contribution in [1.82, 2.24) is 0 Å². The van der Waals surface area contributed by atoms with E-state index in [0.717, 1.165) is 5.56 Å². The smallest absolute Gasteiger partial charge is 0.317 e. The molecule has 1 rings (SSSR count). The minimum Gasteiger partial charge on any atom is -0.465 e. The number of alkyl halides is 1. The highest BCUT2D eigenvalue weighted by molar-refractivity contribution is 14.1. The Kier molecular flexibility index (Phi) is 6.66. The van der Waals surface area contributed by atoms with E-state index in [1.807, 2.05) is 30.3 Å². The molecule has 1 aromatic rings. The molecular formula is C13H16IN3O2. The molecule has 0 radical (unpaired) electrons. The summed E-state index contributed by atoms with van der Waals surface area (Å²) in [5, 5.41) is 3.54. The van der Waals surface area contributed by atoms with E-state index < -0.39 is 5.41 Å². The van der Waals surface area contributed by atoms with Gasteiger partial charge in [0.25, 0.3) is 0 Å². The number of nitrogens with zero attached hydrogens (tertiary/aromatic N) is 3. The van der Waals surface area contributed by atoms with Crippen LogP contribution in [-0.4, -0.2) is 23.5 Å². The van der Waals surface area contributed by atoms with Gasteiger partial charge >= 0.3 is 5.97 Å². The average molecular weight is 373 g/mol. The molecule has 1 unspecified atom stereocenters. The Morgan fingerprint density at radius 1 is 1.47 bits per heavy atom. The van der Waals surface area contributed by atoms with Crippen LogP contribution in [0.4, 0.5) is 0 Å². The summed E-state index contributed by atoms with van der Waals surface area (Å²) in [4.78, 5) is 15.1. The van der Waals surface area contributed by atoms with E-state index in [9.17, 15) is 4.79 Å². The molecule has 0 aliphatic carbocycles. The SMILES string of the molecule is CCOC(=O)C(CI)(CCN=[N+]=[N-])c1ccccc1.